The highest BCUT2D eigenvalue weighted by Gasteiger charge is 2.35. The number of carboxylic acid groups (broad SMARTS) is 1. The van der Waals surface area contributed by atoms with Crippen LogP contribution in [0.3, 0.4) is 0 Å². The normalized spacial score (nSPS) is 13.5. The number of fused-ring (bicyclic) bond motifs is 1. The van der Waals surface area contributed by atoms with Gasteiger partial charge in [0.1, 0.15) is 18.8 Å². The van der Waals surface area contributed by atoms with Gasteiger partial charge in [-0.1, -0.05) is 44.2 Å². The summed E-state index contributed by atoms with van der Waals surface area (Å²) in [6, 6.07) is 9.16. The van der Waals surface area contributed by atoms with Crippen molar-refractivity contribution < 1.29 is 24.2 Å². The third-order valence-electron chi connectivity index (χ3n) is 4.87. The van der Waals surface area contributed by atoms with Crippen LogP contribution in [0.1, 0.15) is 40.3 Å². The summed E-state index contributed by atoms with van der Waals surface area (Å²) in [5.41, 5.74) is -0.450. The van der Waals surface area contributed by atoms with Crippen LogP contribution in [0.15, 0.2) is 41.3 Å². The number of benzene rings is 1. The van der Waals surface area contributed by atoms with E-state index in [1.807, 2.05) is 49.2 Å². The van der Waals surface area contributed by atoms with Gasteiger partial charge in [0, 0.05) is 26.4 Å². The Morgan fingerprint density at radius 2 is 1.90 bits per heavy atom. The lowest BCUT2D eigenvalue weighted by atomic mass is 10.1. The summed E-state index contributed by atoms with van der Waals surface area (Å²) in [6.07, 6.45) is 1.21. The van der Waals surface area contributed by atoms with E-state index in [-0.39, 0.29) is 30.6 Å². The topological polar surface area (TPSA) is 101 Å². The second kappa shape index (κ2) is 9.65. The molecule has 0 unspecified atom stereocenters. The monoisotopic (exact) mass is 429 g/mol. The molecule has 9 nitrogen and oxygen atoms in total. The molecule has 0 atom stereocenters. The van der Waals surface area contributed by atoms with Crippen molar-refractivity contribution >= 4 is 11.9 Å². The highest BCUT2D eigenvalue weighted by molar-refractivity contribution is 5.98. The number of hydrogen-bond donors (Lipinski definition) is 1. The molecule has 2 heterocycles. The average molecular weight is 429 g/mol. The van der Waals surface area contributed by atoms with Crippen LogP contribution in [0, 0.1) is 5.92 Å². The molecule has 9 heteroatoms. The molecule has 2 aromatic rings. The Labute approximate surface area is 180 Å². The maximum absolute atomic E-state index is 13.3. The number of ether oxygens (including phenoxy) is 2. The van der Waals surface area contributed by atoms with Crippen molar-refractivity contribution in [2.24, 2.45) is 5.92 Å². The molecule has 1 aromatic heterocycles. The van der Waals surface area contributed by atoms with Crippen molar-refractivity contribution in [3.05, 3.63) is 63.6 Å². The van der Waals surface area contributed by atoms with E-state index in [1.165, 1.54) is 10.9 Å². The molecule has 1 N–H and O–H groups in total. The Bertz CT molecular complexity index is 1000. The van der Waals surface area contributed by atoms with Gasteiger partial charge in [0.2, 0.25) is 5.43 Å². The molecule has 0 aliphatic carbocycles. The molecule has 1 aliphatic heterocycles. The molecular formula is C22H27N3O6. The predicted molar refractivity (Wildman–Crippen MR) is 114 cm³/mol. The zero-order valence-corrected chi connectivity index (χ0v) is 17.9. The Kier molecular flexibility index (Phi) is 6.96. The van der Waals surface area contributed by atoms with Crippen molar-refractivity contribution in [2.45, 2.75) is 20.5 Å². The van der Waals surface area contributed by atoms with Crippen molar-refractivity contribution in [3.8, 4) is 5.75 Å². The predicted octanol–water partition coefficient (Wildman–Crippen LogP) is 1.78. The number of aromatic carboxylic acids is 1. The first kappa shape index (κ1) is 22.4. The lowest BCUT2D eigenvalue weighted by molar-refractivity contribution is 0.0609. The smallest absolute Gasteiger partial charge is 0.341 e. The second-order valence-corrected chi connectivity index (χ2v) is 7.76. The van der Waals surface area contributed by atoms with Crippen LogP contribution in [-0.2, 0) is 11.3 Å². The van der Waals surface area contributed by atoms with E-state index in [0.29, 0.717) is 19.7 Å². The average Bonchev–Trinajstić information content (AvgIpc) is 2.73. The number of rotatable bonds is 9. The minimum Gasteiger partial charge on any atom is -0.482 e. The number of methoxy groups -OCH3 is 1. The number of amides is 1. The third-order valence-corrected chi connectivity index (χ3v) is 4.87. The lowest BCUT2D eigenvalue weighted by Gasteiger charge is -2.40. The van der Waals surface area contributed by atoms with Crippen LogP contribution >= 0.6 is 0 Å². The second-order valence-electron chi connectivity index (χ2n) is 7.76. The summed E-state index contributed by atoms with van der Waals surface area (Å²) in [5.74, 6) is -1.81. The zero-order valence-electron chi connectivity index (χ0n) is 17.9. The lowest BCUT2D eigenvalue weighted by Crippen LogP contribution is -2.56. The molecule has 1 amide bonds. The first-order valence-corrected chi connectivity index (χ1v) is 10.1. The van der Waals surface area contributed by atoms with Crippen molar-refractivity contribution in [2.75, 3.05) is 38.5 Å². The Morgan fingerprint density at radius 3 is 2.52 bits per heavy atom. The quantitative estimate of drug-likeness (QED) is 0.648. The maximum atomic E-state index is 13.3. The maximum Gasteiger partial charge on any atom is 0.341 e. The largest absolute Gasteiger partial charge is 0.482 e. The Morgan fingerprint density at radius 1 is 1.19 bits per heavy atom. The molecule has 0 radical (unpaired) electrons. The van der Waals surface area contributed by atoms with E-state index < -0.39 is 22.9 Å². The summed E-state index contributed by atoms with van der Waals surface area (Å²) in [7, 11) is 1.55. The molecule has 166 valence electrons. The molecule has 31 heavy (non-hydrogen) atoms. The van der Waals surface area contributed by atoms with Crippen LogP contribution in [-0.4, -0.2) is 60.0 Å². The number of hydrogen-bond acceptors (Lipinski definition) is 6. The fourth-order valence-electron chi connectivity index (χ4n) is 3.43. The molecule has 0 fully saturated rings. The number of nitrogens with zero attached hydrogens (tertiary/aromatic N) is 3. The standard InChI is InChI=1S/C22H27N3O6/c1-15(2)11-24-14-23(9-10-30-3)21(27)18-20(31-13-16-7-5-4-6-8-16)19(26)17(22(28)29)12-25(18)24/h4-8,12,15H,9-11,13-14H2,1-3H3,(H,28,29). The molecule has 0 saturated carbocycles. The summed E-state index contributed by atoms with van der Waals surface area (Å²) in [6.45, 7) is 5.51. The van der Waals surface area contributed by atoms with Gasteiger partial charge in [-0.2, -0.15) is 0 Å². The summed E-state index contributed by atoms with van der Waals surface area (Å²) >= 11 is 0. The van der Waals surface area contributed by atoms with Crippen LogP contribution in [0.25, 0.3) is 0 Å². The van der Waals surface area contributed by atoms with Gasteiger partial charge in [0.25, 0.3) is 5.91 Å². The van der Waals surface area contributed by atoms with Crippen molar-refractivity contribution in [1.29, 1.82) is 0 Å². The van der Waals surface area contributed by atoms with E-state index in [4.69, 9.17) is 9.47 Å². The third kappa shape index (κ3) is 4.88. The van der Waals surface area contributed by atoms with Crippen LogP contribution in [0.4, 0.5) is 0 Å². The number of aromatic nitrogens is 1. The highest BCUT2D eigenvalue weighted by Crippen LogP contribution is 2.24. The minimum absolute atomic E-state index is 0.0222. The van der Waals surface area contributed by atoms with E-state index >= 15 is 0 Å². The van der Waals surface area contributed by atoms with Gasteiger partial charge >= 0.3 is 5.97 Å². The van der Waals surface area contributed by atoms with Crippen LogP contribution in [0.2, 0.25) is 0 Å². The summed E-state index contributed by atoms with van der Waals surface area (Å²) in [5, 5.41) is 11.4. The van der Waals surface area contributed by atoms with Gasteiger partial charge < -0.3 is 19.5 Å². The van der Waals surface area contributed by atoms with E-state index in [1.54, 1.807) is 12.0 Å². The molecule has 0 saturated heterocycles. The minimum atomic E-state index is -1.37. The van der Waals surface area contributed by atoms with Gasteiger partial charge in [-0.15, -0.1) is 0 Å². The number of carbonyl (C=O) groups excluding carboxylic acids is 1. The van der Waals surface area contributed by atoms with Gasteiger partial charge in [-0.25, -0.2) is 4.79 Å². The van der Waals surface area contributed by atoms with Crippen molar-refractivity contribution in [1.82, 2.24) is 9.58 Å². The summed E-state index contributed by atoms with van der Waals surface area (Å²) < 4.78 is 12.4. The van der Waals surface area contributed by atoms with Crippen LogP contribution < -0.4 is 15.2 Å². The first-order valence-electron chi connectivity index (χ1n) is 10.1. The van der Waals surface area contributed by atoms with E-state index in [0.717, 1.165) is 5.56 Å². The Hall–Kier alpha value is -3.33. The summed E-state index contributed by atoms with van der Waals surface area (Å²) in [4.78, 5) is 39.6. The number of carboxylic acids is 1. The Balaban J connectivity index is 2.12. The molecule has 0 bridgehead atoms. The van der Waals surface area contributed by atoms with Gasteiger partial charge in [0.15, 0.2) is 11.4 Å². The fourth-order valence-corrected chi connectivity index (χ4v) is 3.43. The molecule has 0 spiro atoms. The van der Waals surface area contributed by atoms with Crippen LogP contribution in [0.5, 0.6) is 5.75 Å². The SMILES string of the molecule is COCCN1CN(CC(C)C)n2cc(C(=O)O)c(=O)c(OCc3ccccc3)c2C1=O. The molecule has 1 aliphatic rings. The van der Waals surface area contributed by atoms with Crippen molar-refractivity contribution in [3.63, 3.8) is 0 Å². The molecule has 1 aromatic carbocycles. The fraction of sp³-hybridized carbons (Fsp3) is 0.409. The van der Waals surface area contributed by atoms with Gasteiger partial charge in [0.05, 0.1) is 6.61 Å². The van der Waals surface area contributed by atoms with E-state index in [9.17, 15) is 19.5 Å². The number of carbonyl (C=O) groups is 2. The van der Waals surface area contributed by atoms with Gasteiger partial charge in [-0.05, 0) is 11.5 Å². The number of pyridine rings is 1. The van der Waals surface area contributed by atoms with E-state index in [2.05, 4.69) is 0 Å². The molecule has 3 rings (SSSR count). The highest BCUT2D eigenvalue weighted by atomic mass is 16.5. The van der Waals surface area contributed by atoms with Gasteiger partial charge in [-0.3, -0.25) is 19.3 Å². The molecular weight excluding hydrogens is 402 g/mol. The zero-order chi connectivity index (χ0) is 22.5. The first-order chi connectivity index (χ1) is 14.8.